The fraction of sp³-hybridized carbons (Fsp3) is 0.741. The fourth-order valence-corrected chi connectivity index (χ4v) is 7.70. The second kappa shape index (κ2) is 48.2. The van der Waals surface area contributed by atoms with Crippen molar-refractivity contribution in [2.45, 2.75) is 238 Å². The first-order valence-corrected chi connectivity index (χ1v) is 27.0. The normalized spacial score (nSPS) is 13.4. The predicted molar refractivity (Wildman–Crippen MR) is 280 cm³/mol. The molecule has 0 aliphatic heterocycles. The number of ether oxygens (including phenoxy) is 3. The number of likely N-dealkylation sites (N-methyl/N-ethyl adjacent to an activating group) is 1. The maximum Gasteiger partial charge on any atom is 0.362 e. The predicted octanol–water partition coefficient (Wildman–Crippen LogP) is 15.9. The Morgan fingerprint density at radius 3 is 1.27 bits per heavy atom. The van der Waals surface area contributed by atoms with E-state index in [4.69, 9.17) is 14.2 Å². The summed E-state index contributed by atoms with van der Waals surface area (Å²) in [6.45, 7) is 4.62. The van der Waals surface area contributed by atoms with Crippen LogP contribution >= 0.6 is 0 Å². The van der Waals surface area contributed by atoms with Crippen LogP contribution in [0.1, 0.15) is 226 Å². The number of quaternary nitrogens is 1. The highest BCUT2D eigenvalue weighted by Gasteiger charge is 2.31. The third-order valence-corrected chi connectivity index (χ3v) is 11.8. The summed E-state index contributed by atoms with van der Waals surface area (Å²) in [4.78, 5) is 37.2. The average Bonchev–Trinajstić information content (AvgIpc) is 3.28. The molecule has 0 aliphatic rings. The van der Waals surface area contributed by atoms with Gasteiger partial charge in [-0.3, -0.25) is 9.59 Å². The highest BCUT2D eigenvalue weighted by molar-refractivity contribution is 5.72. The number of carbonyl (C=O) groups is 3. The average molecular weight is 925 g/mol. The molecule has 2 unspecified atom stereocenters. The first-order valence-electron chi connectivity index (χ1n) is 27.0. The smallest absolute Gasteiger partial charge is 0.362 e. The molecular formula is C58H102NO7+. The Kier molecular flexibility index (Phi) is 45.9. The van der Waals surface area contributed by atoms with Crippen LogP contribution in [-0.2, 0) is 28.6 Å². The zero-order valence-electron chi connectivity index (χ0n) is 43.4. The molecule has 0 aromatic carbocycles. The van der Waals surface area contributed by atoms with Crippen LogP contribution in [0.2, 0.25) is 0 Å². The monoisotopic (exact) mass is 925 g/mol. The van der Waals surface area contributed by atoms with E-state index in [1.807, 2.05) is 21.1 Å². The molecule has 0 saturated carbocycles. The van der Waals surface area contributed by atoms with Gasteiger partial charge < -0.3 is 23.8 Å². The highest BCUT2D eigenvalue weighted by Crippen LogP contribution is 2.15. The lowest BCUT2D eigenvalue weighted by molar-refractivity contribution is -0.887. The molecule has 1 N–H and O–H groups in total. The number of hydrogen-bond acceptors (Lipinski definition) is 6. The lowest BCUT2D eigenvalue weighted by Crippen LogP contribution is -2.50. The van der Waals surface area contributed by atoms with E-state index in [-0.39, 0.29) is 36.2 Å². The maximum absolute atomic E-state index is 12.8. The Morgan fingerprint density at radius 1 is 0.470 bits per heavy atom. The van der Waals surface area contributed by atoms with Crippen molar-refractivity contribution in [3.63, 3.8) is 0 Å². The molecule has 0 rings (SSSR count). The first kappa shape index (κ1) is 62.8. The van der Waals surface area contributed by atoms with Gasteiger partial charge in [0.25, 0.3) is 0 Å². The summed E-state index contributed by atoms with van der Waals surface area (Å²) >= 11 is 0. The number of esters is 2. The molecular weight excluding hydrogens is 823 g/mol. The van der Waals surface area contributed by atoms with Gasteiger partial charge in [0.2, 0.25) is 0 Å². The molecule has 380 valence electrons. The van der Waals surface area contributed by atoms with Crippen LogP contribution in [-0.4, -0.2) is 80.6 Å². The SMILES string of the molecule is CC/C=C/C/C=C/C/C=C/C/C=C/C/C=C/CCCCCCCCC(=O)OCC(COCCC(C(=O)O)[N+](C)(C)C)OC(=O)CCCCCCCCC/C=C/CCCCCCCCCCC. The number of hydrogen-bond donors (Lipinski definition) is 1. The summed E-state index contributed by atoms with van der Waals surface area (Å²) in [7, 11) is 5.53. The van der Waals surface area contributed by atoms with Crippen LogP contribution in [0.5, 0.6) is 0 Å². The second-order valence-corrected chi connectivity index (χ2v) is 19.1. The minimum atomic E-state index is -0.878. The van der Waals surface area contributed by atoms with Gasteiger partial charge in [0, 0.05) is 19.3 Å². The van der Waals surface area contributed by atoms with E-state index in [1.165, 1.54) is 109 Å². The summed E-state index contributed by atoms with van der Waals surface area (Å²) in [6, 6.07) is -0.622. The van der Waals surface area contributed by atoms with Crippen molar-refractivity contribution in [1.29, 1.82) is 0 Å². The third kappa shape index (κ3) is 45.9. The van der Waals surface area contributed by atoms with Crippen molar-refractivity contribution in [1.82, 2.24) is 0 Å². The third-order valence-electron chi connectivity index (χ3n) is 11.8. The number of aliphatic carboxylic acids is 1. The Labute approximate surface area is 406 Å². The minimum Gasteiger partial charge on any atom is -0.477 e. The van der Waals surface area contributed by atoms with Crippen LogP contribution in [0.4, 0.5) is 0 Å². The molecule has 0 saturated heterocycles. The summed E-state index contributed by atoms with van der Waals surface area (Å²) < 4.78 is 17.4. The number of unbranched alkanes of at least 4 members (excludes halogenated alkanes) is 22. The van der Waals surface area contributed by atoms with E-state index < -0.39 is 18.1 Å². The van der Waals surface area contributed by atoms with Crippen LogP contribution in [0.25, 0.3) is 0 Å². The fourth-order valence-electron chi connectivity index (χ4n) is 7.70. The first-order chi connectivity index (χ1) is 32.1. The van der Waals surface area contributed by atoms with Gasteiger partial charge in [-0.15, -0.1) is 0 Å². The number of carboxylic acids is 1. The molecule has 0 heterocycles. The van der Waals surface area contributed by atoms with Gasteiger partial charge in [-0.25, -0.2) is 4.79 Å². The van der Waals surface area contributed by atoms with E-state index in [0.29, 0.717) is 19.3 Å². The summed E-state index contributed by atoms with van der Waals surface area (Å²) in [5, 5.41) is 9.67. The lowest BCUT2D eigenvalue weighted by atomic mass is 10.1. The molecule has 0 aliphatic carbocycles. The molecule has 0 fully saturated rings. The number of carbonyl (C=O) groups excluding carboxylic acids is 2. The minimum absolute atomic E-state index is 0.0521. The Bertz CT molecular complexity index is 1310. The lowest BCUT2D eigenvalue weighted by Gasteiger charge is -2.31. The van der Waals surface area contributed by atoms with E-state index in [9.17, 15) is 19.5 Å². The molecule has 66 heavy (non-hydrogen) atoms. The second-order valence-electron chi connectivity index (χ2n) is 19.1. The summed E-state index contributed by atoms with van der Waals surface area (Å²) in [6.07, 6.45) is 62.4. The Morgan fingerprint density at radius 2 is 0.848 bits per heavy atom. The largest absolute Gasteiger partial charge is 0.477 e. The van der Waals surface area contributed by atoms with E-state index in [1.54, 1.807) is 0 Å². The quantitative estimate of drug-likeness (QED) is 0.0281. The zero-order valence-corrected chi connectivity index (χ0v) is 43.4. The van der Waals surface area contributed by atoms with Gasteiger partial charge in [-0.05, 0) is 83.5 Å². The molecule has 0 aromatic heterocycles. The van der Waals surface area contributed by atoms with Crippen LogP contribution in [0, 0.1) is 0 Å². The molecule has 2 atom stereocenters. The van der Waals surface area contributed by atoms with Crippen LogP contribution < -0.4 is 0 Å². The van der Waals surface area contributed by atoms with Crippen LogP contribution in [0.3, 0.4) is 0 Å². The molecule has 0 radical (unpaired) electrons. The standard InChI is InChI=1S/C58H101NO7/c1-6-8-10-12-14-16-18-20-22-24-26-28-29-31-32-34-36-38-40-42-44-46-48-56(60)65-53-54(52-64-51-50-55(58(62)63)59(3,4)5)66-57(61)49-47-45-43-41-39-37-35-33-30-27-25-23-21-19-17-15-13-11-9-7-2/h8,10,14,16,20,22,26-28,30-32,54-55H,6-7,9,11-13,15,17-19,21,23-25,29,33-53H2,1-5H3/p+1/b10-8+,16-14+,22-20+,28-26+,30-27+,32-31+. The number of rotatable bonds is 48. The van der Waals surface area contributed by atoms with Crippen molar-refractivity contribution >= 4 is 17.9 Å². The van der Waals surface area contributed by atoms with E-state index in [2.05, 4.69) is 86.8 Å². The summed E-state index contributed by atoms with van der Waals surface area (Å²) in [5.41, 5.74) is 0. The Hall–Kier alpha value is -3.23. The van der Waals surface area contributed by atoms with E-state index in [0.717, 1.165) is 83.5 Å². The van der Waals surface area contributed by atoms with Gasteiger partial charge in [-0.1, -0.05) is 196 Å². The van der Waals surface area contributed by atoms with Crippen molar-refractivity contribution in [3.8, 4) is 0 Å². The van der Waals surface area contributed by atoms with Gasteiger partial charge in [0.1, 0.15) is 6.61 Å². The Balaban J connectivity index is 4.26. The number of allylic oxidation sites excluding steroid dienone is 12. The topological polar surface area (TPSA) is 99.1 Å². The molecule has 0 spiro atoms. The zero-order chi connectivity index (χ0) is 48.4. The van der Waals surface area contributed by atoms with Crippen molar-refractivity contribution in [3.05, 3.63) is 72.9 Å². The van der Waals surface area contributed by atoms with Gasteiger partial charge in [0.15, 0.2) is 12.1 Å². The summed E-state index contributed by atoms with van der Waals surface area (Å²) in [5.74, 6) is -1.49. The van der Waals surface area contributed by atoms with Gasteiger partial charge >= 0.3 is 17.9 Å². The van der Waals surface area contributed by atoms with Crippen LogP contribution in [0.15, 0.2) is 72.9 Å². The van der Waals surface area contributed by atoms with Gasteiger partial charge in [0.05, 0.1) is 34.4 Å². The molecule has 8 nitrogen and oxygen atoms in total. The van der Waals surface area contributed by atoms with Crippen molar-refractivity contribution < 1.29 is 38.2 Å². The molecule has 0 aromatic rings. The van der Waals surface area contributed by atoms with Gasteiger partial charge in [-0.2, -0.15) is 0 Å². The molecule has 0 amide bonds. The van der Waals surface area contributed by atoms with Crippen molar-refractivity contribution in [2.75, 3.05) is 41.0 Å². The highest BCUT2D eigenvalue weighted by atomic mass is 16.6. The number of carboxylic acid groups (broad SMARTS) is 1. The maximum atomic E-state index is 12.8. The molecule has 8 heteroatoms. The van der Waals surface area contributed by atoms with E-state index >= 15 is 0 Å². The number of nitrogens with zero attached hydrogens (tertiary/aromatic N) is 1. The molecule has 0 bridgehead atoms. The van der Waals surface area contributed by atoms with Crippen molar-refractivity contribution in [2.24, 2.45) is 0 Å².